The molecule has 1 heterocycles. The van der Waals surface area contributed by atoms with E-state index in [9.17, 15) is 4.39 Å². The van der Waals surface area contributed by atoms with Gasteiger partial charge in [-0.3, -0.25) is 0 Å². The van der Waals surface area contributed by atoms with Crippen LogP contribution in [0.15, 0.2) is 24.3 Å². The molecule has 18 heavy (non-hydrogen) atoms. The predicted octanol–water partition coefficient (Wildman–Crippen LogP) is 1.21. The summed E-state index contributed by atoms with van der Waals surface area (Å²) in [4.78, 5) is 2.47. The lowest BCUT2D eigenvalue weighted by Crippen LogP contribution is -2.44. The highest BCUT2D eigenvalue weighted by molar-refractivity contribution is 5.16. The zero-order chi connectivity index (χ0) is 12.6. The van der Waals surface area contributed by atoms with Gasteiger partial charge in [-0.2, -0.15) is 0 Å². The molecule has 1 saturated heterocycles. The summed E-state index contributed by atoms with van der Waals surface area (Å²) >= 11 is 0. The van der Waals surface area contributed by atoms with Crippen molar-refractivity contribution in [1.29, 1.82) is 0 Å². The Hall–Kier alpha value is -0.970. The number of nitrogens with zero attached hydrogens (tertiary/aromatic N) is 1. The van der Waals surface area contributed by atoms with Crippen molar-refractivity contribution in [3.8, 4) is 0 Å². The molecular weight excluding hydrogens is 229 g/mol. The van der Waals surface area contributed by atoms with Gasteiger partial charge in [-0.25, -0.2) is 4.39 Å². The zero-order valence-electron chi connectivity index (χ0n) is 10.8. The van der Waals surface area contributed by atoms with E-state index in [0.717, 1.165) is 51.3 Å². The summed E-state index contributed by atoms with van der Waals surface area (Å²) in [6.45, 7) is 7.18. The standard InChI is InChI=1S/C14H22FN3/c15-14-5-2-1-4-13(14)12-17-6-3-9-18-10-7-16-8-11-18/h1-2,4-5,16-17H,3,6-12H2. The molecule has 2 rings (SSSR count). The Kier molecular flexibility index (Phi) is 5.58. The lowest BCUT2D eigenvalue weighted by molar-refractivity contribution is 0.237. The van der Waals surface area contributed by atoms with Crippen LogP contribution in [-0.2, 0) is 6.54 Å². The van der Waals surface area contributed by atoms with Crippen molar-refractivity contribution in [3.05, 3.63) is 35.6 Å². The molecule has 0 atom stereocenters. The highest BCUT2D eigenvalue weighted by atomic mass is 19.1. The molecule has 4 heteroatoms. The second-order valence-electron chi connectivity index (χ2n) is 4.71. The fourth-order valence-corrected chi connectivity index (χ4v) is 2.23. The van der Waals surface area contributed by atoms with Crippen molar-refractivity contribution in [2.45, 2.75) is 13.0 Å². The molecule has 0 radical (unpaired) electrons. The van der Waals surface area contributed by atoms with Crippen LogP contribution in [0.2, 0.25) is 0 Å². The highest BCUT2D eigenvalue weighted by Gasteiger charge is 2.08. The van der Waals surface area contributed by atoms with Crippen LogP contribution in [0.1, 0.15) is 12.0 Å². The second kappa shape index (κ2) is 7.46. The number of hydrogen-bond donors (Lipinski definition) is 2. The Morgan fingerprint density at radius 1 is 1.22 bits per heavy atom. The molecule has 1 aliphatic heterocycles. The molecule has 3 nitrogen and oxygen atoms in total. The van der Waals surface area contributed by atoms with Gasteiger partial charge in [0.1, 0.15) is 5.82 Å². The summed E-state index contributed by atoms with van der Waals surface area (Å²) in [7, 11) is 0. The van der Waals surface area contributed by atoms with Crippen LogP contribution >= 0.6 is 0 Å². The molecule has 1 aromatic rings. The van der Waals surface area contributed by atoms with Crippen molar-refractivity contribution in [2.24, 2.45) is 0 Å². The Balaban J connectivity index is 1.57. The first-order valence-electron chi connectivity index (χ1n) is 6.73. The van der Waals surface area contributed by atoms with E-state index in [2.05, 4.69) is 15.5 Å². The van der Waals surface area contributed by atoms with E-state index in [4.69, 9.17) is 0 Å². The number of piperazine rings is 1. The molecule has 2 N–H and O–H groups in total. The maximum Gasteiger partial charge on any atom is 0.127 e. The molecule has 1 fully saturated rings. The van der Waals surface area contributed by atoms with Crippen LogP contribution in [0.25, 0.3) is 0 Å². The van der Waals surface area contributed by atoms with Crippen molar-refractivity contribution < 1.29 is 4.39 Å². The van der Waals surface area contributed by atoms with E-state index in [1.54, 1.807) is 6.07 Å². The Labute approximate surface area is 108 Å². The van der Waals surface area contributed by atoms with Gasteiger partial charge in [0.2, 0.25) is 0 Å². The van der Waals surface area contributed by atoms with Gasteiger partial charge in [0, 0.05) is 38.3 Å². The van der Waals surface area contributed by atoms with Gasteiger partial charge in [-0.15, -0.1) is 0 Å². The topological polar surface area (TPSA) is 27.3 Å². The largest absolute Gasteiger partial charge is 0.314 e. The quantitative estimate of drug-likeness (QED) is 0.744. The first kappa shape index (κ1) is 13.5. The maximum absolute atomic E-state index is 13.3. The van der Waals surface area contributed by atoms with Crippen LogP contribution in [-0.4, -0.2) is 44.2 Å². The molecular formula is C14H22FN3. The fourth-order valence-electron chi connectivity index (χ4n) is 2.23. The number of rotatable bonds is 6. The fraction of sp³-hybridized carbons (Fsp3) is 0.571. The van der Waals surface area contributed by atoms with Gasteiger partial charge in [-0.05, 0) is 25.6 Å². The molecule has 0 aromatic heterocycles. The third-order valence-corrected chi connectivity index (χ3v) is 3.31. The van der Waals surface area contributed by atoms with E-state index in [-0.39, 0.29) is 5.82 Å². The average molecular weight is 251 g/mol. The zero-order valence-corrected chi connectivity index (χ0v) is 10.8. The van der Waals surface area contributed by atoms with E-state index >= 15 is 0 Å². The van der Waals surface area contributed by atoms with E-state index in [0.29, 0.717) is 6.54 Å². The number of hydrogen-bond acceptors (Lipinski definition) is 3. The number of nitrogens with one attached hydrogen (secondary N) is 2. The molecule has 100 valence electrons. The summed E-state index contributed by atoms with van der Waals surface area (Å²) in [5.74, 6) is -0.118. The van der Waals surface area contributed by atoms with Gasteiger partial charge in [0.25, 0.3) is 0 Å². The predicted molar refractivity (Wildman–Crippen MR) is 72.0 cm³/mol. The summed E-state index contributed by atoms with van der Waals surface area (Å²) in [6.07, 6.45) is 1.12. The smallest absolute Gasteiger partial charge is 0.127 e. The highest BCUT2D eigenvalue weighted by Crippen LogP contribution is 2.05. The monoisotopic (exact) mass is 251 g/mol. The first-order valence-corrected chi connectivity index (χ1v) is 6.73. The van der Waals surface area contributed by atoms with Crippen LogP contribution in [0, 0.1) is 5.82 Å². The Morgan fingerprint density at radius 2 is 2.00 bits per heavy atom. The lowest BCUT2D eigenvalue weighted by atomic mass is 10.2. The summed E-state index contributed by atoms with van der Waals surface area (Å²) in [5, 5.41) is 6.64. The van der Waals surface area contributed by atoms with E-state index < -0.39 is 0 Å². The maximum atomic E-state index is 13.3. The number of halogens is 1. The average Bonchev–Trinajstić information content (AvgIpc) is 2.42. The first-order chi connectivity index (χ1) is 8.86. The van der Waals surface area contributed by atoms with Crippen LogP contribution < -0.4 is 10.6 Å². The Morgan fingerprint density at radius 3 is 2.78 bits per heavy atom. The van der Waals surface area contributed by atoms with E-state index in [1.165, 1.54) is 6.07 Å². The molecule has 0 saturated carbocycles. The van der Waals surface area contributed by atoms with Gasteiger partial charge < -0.3 is 15.5 Å². The summed E-state index contributed by atoms with van der Waals surface area (Å²) in [6, 6.07) is 6.94. The molecule has 0 aliphatic carbocycles. The van der Waals surface area contributed by atoms with Gasteiger partial charge in [-0.1, -0.05) is 18.2 Å². The van der Waals surface area contributed by atoms with Gasteiger partial charge >= 0.3 is 0 Å². The lowest BCUT2D eigenvalue weighted by Gasteiger charge is -2.27. The minimum atomic E-state index is -0.118. The third kappa shape index (κ3) is 4.37. The van der Waals surface area contributed by atoms with Gasteiger partial charge in [0.15, 0.2) is 0 Å². The van der Waals surface area contributed by atoms with Crippen LogP contribution in [0.4, 0.5) is 4.39 Å². The molecule has 1 aromatic carbocycles. The second-order valence-corrected chi connectivity index (χ2v) is 4.71. The normalized spacial score (nSPS) is 16.9. The SMILES string of the molecule is Fc1ccccc1CNCCCN1CCNCC1. The molecule has 0 unspecified atom stereocenters. The third-order valence-electron chi connectivity index (χ3n) is 3.31. The minimum absolute atomic E-state index is 0.118. The van der Waals surface area contributed by atoms with Crippen molar-refractivity contribution >= 4 is 0 Å². The molecule has 0 spiro atoms. The molecule has 1 aliphatic rings. The summed E-state index contributed by atoms with van der Waals surface area (Å²) < 4.78 is 13.3. The summed E-state index contributed by atoms with van der Waals surface area (Å²) in [5.41, 5.74) is 0.750. The molecule has 0 bridgehead atoms. The van der Waals surface area contributed by atoms with Gasteiger partial charge in [0.05, 0.1) is 0 Å². The molecule has 0 amide bonds. The van der Waals surface area contributed by atoms with Crippen LogP contribution in [0.3, 0.4) is 0 Å². The van der Waals surface area contributed by atoms with Crippen LogP contribution in [0.5, 0.6) is 0 Å². The van der Waals surface area contributed by atoms with Crippen molar-refractivity contribution in [3.63, 3.8) is 0 Å². The van der Waals surface area contributed by atoms with E-state index in [1.807, 2.05) is 12.1 Å². The Bertz CT molecular complexity index is 351. The van der Waals surface area contributed by atoms with Crippen molar-refractivity contribution in [1.82, 2.24) is 15.5 Å². The minimum Gasteiger partial charge on any atom is -0.314 e. The number of benzene rings is 1. The van der Waals surface area contributed by atoms with Crippen molar-refractivity contribution in [2.75, 3.05) is 39.3 Å².